The summed E-state index contributed by atoms with van der Waals surface area (Å²) in [7, 11) is 1.54. The maximum Gasteiger partial charge on any atom is 0.241 e. The summed E-state index contributed by atoms with van der Waals surface area (Å²) in [5.41, 5.74) is 7.52. The summed E-state index contributed by atoms with van der Waals surface area (Å²) < 4.78 is 4.95. The minimum absolute atomic E-state index is 0.235. The van der Waals surface area contributed by atoms with Crippen molar-refractivity contribution < 1.29 is 9.53 Å². The maximum atomic E-state index is 12.0. The standard InChI is InChI=1S/C15H17N3O2/c1-20-14-8-7-12(10-17-14)18-15(19)13(16)9-11-5-3-2-4-6-11/h2-8,10,13H,9,16H2,1H3,(H,18,19)/t13-/m1/s1. The van der Waals surface area contributed by atoms with Gasteiger partial charge < -0.3 is 15.8 Å². The van der Waals surface area contributed by atoms with Crippen molar-refractivity contribution in [3.8, 4) is 5.88 Å². The van der Waals surface area contributed by atoms with Gasteiger partial charge in [0.2, 0.25) is 11.8 Å². The molecule has 1 atom stereocenters. The van der Waals surface area contributed by atoms with Crippen molar-refractivity contribution in [1.82, 2.24) is 4.98 Å². The third-order valence-electron chi connectivity index (χ3n) is 2.85. The van der Waals surface area contributed by atoms with E-state index in [9.17, 15) is 4.79 Å². The highest BCUT2D eigenvalue weighted by Gasteiger charge is 2.14. The summed E-state index contributed by atoms with van der Waals surface area (Å²) in [6, 6.07) is 12.5. The van der Waals surface area contributed by atoms with Crippen LogP contribution in [0, 0.1) is 0 Å². The lowest BCUT2D eigenvalue weighted by Gasteiger charge is -2.12. The van der Waals surface area contributed by atoms with E-state index in [2.05, 4.69) is 10.3 Å². The van der Waals surface area contributed by atoms with Gasteiger partial charge in [0, 0.05) is 6.07 Å². The minimum Gasteiger partial charge on any atom is -0.481 e. The first-order valence-corrected chi connectivity index (χ1v) is 6.29. The monoisotopic (exact) mass is 271 g/mol. The molecule has 20 heavy (non-hydrogen) atoms. The highest BCUT2D eigenvalue weighted by molar-refractivity contribution is 5.94. The molecule has 5 nitrogen and oxygen atoms in total. The molecule has 0 aliphatic carbocycles. The second kappa shape index (κ2) is 6.68. The fourth-order valence-corrected chi connectivity index (χ4v) is 1.77. The Balaban J connectivity index is 1.93. The van der Waals surface area contributed by atoms with Gasteiger partial charge in [-0.3, -0.25) is 4.79 Å². The summed E-state index contributed by atoms with van der Waals surface area (Å²) in [6.07, 6.45) is 2.03. The van der Waals surface area contributed by atoms with E-state index in [-0.39, 0.29) is 5.91 Å². The van der Waals surface area contributed by atoms with Gasteiger partial charge >= 0.3 is 0 Å². The molecule has 1 aromatic heterocycles. The van der Waals surface area contributed by atoms with Crippen LogP contribution in [0.4, 0.5) is 5.69 Å². The number of amides is 1. The van der Waals surface area contributed by atoms with Crippen LogP contribution in [-0.4, -0.2) is 24.0 Å². The van der Waals surface area contributed by atoms with E-state index in [0.29, 0.717) is 18.0 Å². The first kappa shape index (κ1) is 14.0. The van der Waals surface area contributed by atoms with E-state index < -0.39 is 6.04 Å². The van der Waals surface area contributed by atoms with E-state index in [1.54, 1.807) is 12.1 Å². The molecule has 5 heteroatoms. The van der Waals surface area contributed by atoms with E-state index >= 15 is 0 Å². The quantitative estimate of drug-likeness (QED) is 0.866. The van der Waals surface area contributed by atoms with Gasteiger partial charge in [-0.05, 0) is 18.1 Å². The summed E-state index contributed by atoms with van der Waals surface area (Å²) >= 11 is 0. The molecule has 1 heterocycles. The molecule has 0 saturated carbocycles. The second-order valence-electron chi connectivity index (χ2n) is 4.37. The predicted molar refractivity (Wildman–Crippen MR) is 77.5 cm³/mol. The number of nitrogens with zero attached hydrogens (tertiary/aromatic N) is 1. The molecule has 0 radical (unpaired) electrons. The van der Waals surface area contributed by atoms with E-state index in [1.807, 2.05) is 30.3 Å². The smallest absolute Gasteiger partial charge is 0.241 e. The third-order valence-corrected chi connectivity index (χ3v) is 2.85. The van der Waals surface area contributed by atoms with E-state index in [0.717, 1.165) is 5.56 Å². The lowest BCUT2D eigenvalue weighted by molar-refractivity contribution is -0.117. The lowest BCUT2D eigenvalue weighted by Crippen LogP contribution is -2.37. The van der Waals surface area contributed by atoms with Crippen molar-refractivity contribution in [3.63, 3.8) is 0 Å². The van der Waals surface area contributed by atoms with Gasteiger partial charge in [-0.1, -0.05) is 30.3 Å². The zero-order valence-corrected chi connectivity index (χ0v) is 11.2. The lowest BCUT2D eigenvalue weighted by atomic mass is 10.1. The number of anilines is 1. The fraction of sp³-hybridized carbons (Fsp3) is 0.200. The van der Waals surface area contributed by atoms with Gasteiger partial charge in [-0.15, -0.1) is 0 Å². The molecular formula is C15H17N3O2. The van der Waals surface area contributed by atoms with Crippen LogP contribution in [0.3, 0.4) is 0 Å². The Kier molecular flexibility index (Phi) is 4.68. The van der Waals surface area contributed by atoms with Crippen molar-refractivity contribution in [3.05, 3.63) is 54.2 Å². The Labute approximate surface area is 117 Å². The van der Waals surface area contributed by atoms with Gasteiger partial charge in [0.15, 0.2) is 0 Å². The average molecular weight is 271 g/mol. The third kappa shape index (κ3) is 3.80. The van der Waals surface area contributed by atoms with Gasteiger partial charge in [-0.25, -0.2) is 4.98 Å². The molecule has 0 aliphatic rings. The van der Waals surface area contributed by atoms with Crippen LogP contribution in [0.2, 0.25) is 0 Å². The topological polar surface area (TPSA) is 77.2 Å². The van der Waals surface area contributed by atoms with Crippen LogP contribution in [-0.2, 0) is 11.2 Å². The Hall–Kier alpha value is -2.40. The molecule has 1 amide bonds. The Morgan fingerprint density at radius 3 is 2.65 bits per heavy atom. The van der Waals surface area contributed by atoms with Crippen LogP contribution < -0.4 is 15.8 Å². The van der Waals surface area contributed by atoms with Crippen LogP contribution in [0.1, 0.15) is 5.56 Å². The Morgan fingerprint density at radius 2 is 2.05 bits per heavy atom. The van der Waals surface area contributed by atoms with Crippen LogP contribution in [0.25, 0.3) is 0 Å². The first-order valence-electron chi connectivity index (χ1n) is 6.29. The Bertz CT molecular complexity index is 555. The minimum atomic E-state index is -0.598. The Morgan fingerprint density at radius 1 is 1.30 bits per heavy atom. The molecule has 3 N–H and O–H groups in total. The number of hydrogen-bond donors (Lipinski definition) is 2. The molecule has 1 aromatic carbocycles. The van der Waals surface area contributed by atoms with Gasteiger partial charge in [0.1, 0.15) is 0 Å². The van der Waals surface area contributed by atoms with E-state index in [4.69, 9.17) is 10.5 Å². The van der Waals surface area contributed by atoms with Gasteiger partial charge in [-0.2, -0.15) is 0 Å². The molecule has 0 fully saturated rings. The summed E-state index contributed by atoms with van der Waals surface area (Å²) in [6.45, 7) is 0. The van der Waals surface area contributed by atoms with Crippen molar-refractivity contribution in [2.45, 2.75) is 12.5 Å². The molecule has 2 rings (SSSR count). The normalized spacial score (nSPS) is 11.7. The van der Waals surface area contributed by atoms with Crippen molar-refractivity contribution >= 4 is 11.6 Å². The fourth-order valence-electron chi connectivity index (χ4n) is 1.77. The molecule has 0 unspecified atom stereocenters. The molecule has 0 spiro atoms. The number of carbonyl (C=O) groups excluding carboxylic acids is 1. The number of nitrogens with one attached hydrogen (secondary N) is 1. The highest BCUT2D eigenvalue weighted by Crippen LogP contribution is 2.11. The van der Waals surface area contributed by atoms with Crippen LogP contribution in [0.5, 0.6) is 5.88 Å². The predicted octanol–water partition coefficient (Wildman–Crippen LogP) is 1.60. The number of benzene rings is 1. The van der Waals surface area contributed by atoms with E-state index in [1.165, 1.54) is 13.3 Å². The number of carbonyl (C=O) groups is 1. The SMILES string of the molecule is COc1ccc(NC(=O)[C@H](N)Cc2ccccc2)cn1. The van der Waals surface area contributed by atoms with Crippen molar-refractivity contribution in [2.24, 2.45) is 5.73 Å². The second-order valence-corrected chi connectivity index (χ2v) is 4.37. The molecule has 0 aliphatic heterocycles. The number of rotatable bonds is 5. The summed E-state index contributed by atoms with van der Waals surface area (Å²) in [4.78, 5) is 16.0. The van der Waals surface area contributed by atoms with Gasteiger partial charge in [0.05, 0.1) is 25.0 Å². The van der Waals surface area contributed by atoms with Crippen LogP contribution >= 0.6 is 0 Å². The number of methoxy groups -OCH3 is 1. The number of ether oxygens (including phenoxy) is 1. The zero-order valence-electron chi connectivity index (χ0n) is 11.2. The number of aromatic nitrogens is 1. The summed E-state index contributed by atoms with van der Waals surface area (Å²) in [5.74, 6) is 0.261. The zero-order chi connectivity index (χ0) is 14.4. The first-order chi connectivity index (χ1) is 9.69. The molecule has 2 aromatic rings. The molecular weight excluding hydrogens is 254 g/mol. The average Bonchev–Trinajstić information content (AvgIpc) is 2.49. The summed E-state index contributed by atoms with van der Waals surface area (Å²) in [5, 5.41) is 2.73. The molecule has 104 valence electrons. The highest BCUT2D eigenvalue weighted by atomic mass is 16.5. The number of nitrogens with two attached hydrogens (primary N) is 1. The van der Waals surface area contributed by atoms with Crippen LogP contribution in [0.15, 0.2) is 48.7 Å². The molecule has 0 saturated heterocycles. The molecule has 0 bridgehead atoms. The van der Waals surface area contributed by atoms with Crippen molar-refractivity contribution in [1.29, 1.82) is 0 Å². The van der Waals surface area contributed by atoms with Gasteiger partial charge in [0.25, 0.3) is 0 Å². The number of hydrogen-bond acceptors (Lipinski definition) is 4. The maximum absolute atomic E-state index is 12.0. The van der Waals surface area contributed by atoms with Crippen molar-refractivity contribution in [2.75, 3.05) is 12.4 Å². The number of pyridine rings is 1. The largest absolute Gasteiger partial charge is 0.481 e.